The molecule has 0 aliphatic carbocycles. The Morgan fingerprint density at radius 3 is 2.63 bits per heavy atom. The first-order valence-corrected chi connectivity index (χ1v) is 15.2. The van der Waals surface area contributed by atoms with Gasteiger partial charge in [0.15, 0.2) is 0 Å². The van der Waals surface area contributed by atoms with Crippen molar-refractivity contribution in [3.63, 3.8) is 0 Å². The number of aryl methyl sites for hydroxylation is 1. The number of aromatic nitrogens is 5. The van der Waals surface area contributed by atoms with Gasteiger partial charge < -0.3 is 4.98 Å². The van der Waals surface area contributed by atoms with Gasteiger partial charge in [0.05, 0.1) is 29.6 Å². The Balaban J connectivity index is 0.00000180. The summed E-state index contributed by atoms with van der Waals surface area (Å²) in [6, 6.07) is 10.3. The topological polar surface area (TPSA) is 73.5 Å². The predicted octanol–water partition coefficient (Wildman–Crippen LogP) is 8.90. The third-order valence-corrected chi connectivity index (χ3v) is 8.61. The summed E-state index contributed by atoms with van der Waals surface area (Å²) in [5.41, 5.74) is 9.14. The predicted molar refractivity (Wildman–Crippen MR) is 174 cm³/mol. The van der Waals surface area contributed by atoms with Crippen LogP contribution in [0.1, 0.15) is 53.8 Å². The van der Waals surface area contributed by atoms with Crippen molar-refractivity contribution in [3.8, 4) is 22.6 Å². The summed E-state index contributed by atoms with van der Waals surface area (Å²) in [4.78, 5) is 16.6. The SMILES string of the molecule is C=C/C=C(/c1ccc(C(=C)C)s1)c1cc(-c2n[nH]c3cnc(-c4cncc(CN5CCC(F)(F)C5)c4)cc23)[nH]c1C.CC. The number of rotatable bonds is 8. The molecule has 0 atom stereocenters. The van der Waals surface area contributed by atoms with Crippen molar-refractivity contribution in [3.05, 3.63) is 101 Å². The molecule has 0 saturated carbocycles. The highest BCUT2D eigenvalue weighted by Gasteiger charge is 2.37. The zero-order valence-electron chi connectivity index (χ0n) is 25.0. The smallest absolute Gasteiger partial charge is 0.261 e. The number of halogens is 2. The fourth-order valence-corrected chi connectivity index (χ4v) is 6.27. The molecule has 2 N–H and O–H groups in total. The summed E-state index contributed by atoms with van der Waals surface area (Å²) >= 11 is 1.71. The fourth-order valence-electron chi connectivity index (χ4n) is 5.29. The third-order valence-electron chi connectivity index (χ3n) is 7.33. The van der Waals surface area contributed by atoms with Crippen molar-refractivity contribution in [2.75, 3.05) is 13.1 Å². The van der Waals surface area contributed by atoms with E-state index < -0.39 is 5.92 Å². The molecule has 6 rings (SSSR count). The fraction of sp³-hybridized carbons (Fsp3) is 0.265. The lowest BCUT2D eigenvalue weighted by molar-refractivity contribution is 0.0115. The van der Waals surface area contributed by atoms with Crippen LogP contribution < -0.4 is 0 Å². The van der Waals surface area contributed by atoms with E-state index in [1.54, 1.807) is 40.9 Å². The first kappa shape index (κ1) is 30.3. The minimum Gasteiger partial charge on any atom is -0.357 e. The minimum atomic E-state index is -2.62. The van der Waals surface area contributed by atoms with E-state index in [9.17, 15) is 8.78 Å². The Morgan fingerprint density at radius 1 is 1.14 bits per heavy atom. The highest BCUT2D eigenvalue weighted by molar-refractivity contribution is 7.14. The molecule has 0 spiro atoms. The molecular formula is C34H36F2N6S. The van der Waals surface area contributed by atoms with Crippen LogP contribution in [0.3, 0.4) is 0 Å². The first-order chi connectivity index (χ1) is 20.7. The van der Waals surface area contributed by atoms with Gasteiger partial charge in [-0.2, -0.15) is 5.10 Å². The number of nitrogens with zero attached hydrogens (tertiary/aromatic N) is 4. The van der Waals surface area contributed by atoms with Crippen molar-refractivity contribution >= 4 is 33.4 Å². The first-order valence-electron chi connectivity index (χ1n) is 14.4. The van der Waals surface area contributed by atoms with Gasteiger partial charge in [-0.25, -0.2) is 8.78 Å². The van der Waals surface area contributed by atoms with Gasteiger partial charge in [0.1, 0.15) is 5.69 Å². The normalized spacial score (nSPS) is 15.0. The molecule has 43 heavy (non-hydrogen) atoms. The van der Waals surface area contributed by atoms with Gasteiger partial charge in [0.2, 0.25) is 0 Å². The van der Waals surface area contributed by atoms with Crippen LogP contribution in [0.4, 0.5) is 8.78 Å². The molecule has 9 heteroatoms. The number of aromatic amines is 2. The number of thiophene rings is 1. The van der Waals surface area contributed by atoms with Crippen molar-refractivity contribution in [2.45, 2.75) is 46.6 Å². The number of hydrogen-bond donors (Lipinski definition) is 2. The molecule has 0 amide bonds. The lowest BCUT2D eigenvalue weighted by Crippen LogP contribution is -2.24. The van der Waals surface area contributed by atoms with E-state index in [4.69, 9.17) is 0 Å². The number of hydrogen-bond acceptors (Lipinski definition) is 5. The van der Waals surface area contributed by atoms with E-state index in [1.165, 1.54) is 0 Å². The van der Waals surface area contributed by atoms with E-state index in [1.807, 2.05) is 39.0 Å². The summed E-state index contributed by atoms with van der Waals surface area (Å²) in [6.45, 7) is 16.7. The molecule has 5 aromatic heterocycles. The highest BCUT2D eigenvalue weighted by atomic mass is 32.1. The van der Waals surface area contributed by atoms with Crippen molar-refractivity contribution in [2.24, 2.45) is 0 Å². The maximum Gasteiger partial charge on any atom is 0.261 e. The molecule has 1 aliphatic heterocycles. The van der Waals surface area contributed by atoms with E-state index in [0.717, 1.165) is 71.3 Å². The summed E-state index contributed by atoms with van der Waals surface area (Å²) in [7, 11) is 0. The largest absolute Gasteiger partial charge is 0.357 e. The lowest BCUT2D eigenvalue weighted by atomic mass is 10.0. The number of pyridine rings is 2. The van der Waals surface area contributed by atoms with Crippen LogP contribution in [0, 0.1) is 6.92 Å². The Morgan fingerprint density at radius 2 is 1.93 bits per heavy atom. The minimum absolute atomic E-state index is 0.102. The molecule has 1 fully saturated rings. The maximum atomic E-state index is 13.7. The summed E-state index contributed by atoms with van der Waals surface area (Å²) in [5, 5.41) is 8.64. The molecule has 0 radical (unpaired) electrons. The Labute approximate surface area is 254 Å². The number of alkyl halides is 2. The van der Waals surface area contributed by atoms with Gasteiger partial charge >= 0.3 is 0 Å². The molecule has 0 unspecified atom stereocenters. The molecule has 1 aliphatic rings. The second kappa shape index (κ2) is 12.6. The second-order valence-corrected chi connectivity index (χ2v) is 11.7. The van der Waals surface area contributed by atoms with Crippen molar-refractivity contribution in [1.29, 1.82) is 0 Å². The molecule has 0 bridgehead atoms. The number of nitrogens with one attached hydrogen (secondary N) is 2. The Hall–Kier alpha value is -4.21. The summed E-state index contributed by atoms with van der Waals surface area (Å²) < 4.78 is 27.3. The van der Waals surface area contributed by atoms with E-state index in [0.29, 0.717) is 13.1 Å². The van der Waals surface area contributed by atoms with Crippen molar-refractivity contribution < 1.29 is 8.78 Å². The van der Waals surface area contributed by atoms with Gasteiger partial charge in [0, 0.05) is 69.4 Å². The number of likely N-dealkylation sites (tertiary alicyclic amines) is 1. The van der Waals surface area contributed by atoms with Crippen LogP contribution in [0.25, 0.3) is 44.7 Å². The standard InChI is InChI=1S/C32H30F2N6S.C2H6/c1-5-6-23(30-8-7-29(41-30)19(2)3)24-12-27(37-20(24)4)31-25-13-26(36-16-28(25)38-39-31)22-11-21(14-35-15-22)17-40-10-9-32(33,34)18-40;1-2/h5-8,11-16,37H,1-2,9-10,17-18H2,3-4H3,(H,38,39);1-2H3/b23-6+;. The highest BCUT2D eigenvalue weighted by Crippen LogP contribution is 2.37. The molecule has 5 aromatic rings. The zero-order chi connectivity index (χ0) is 30.7. The monoisotopic (exact) mass is 598 g/mol. The average molecular weight is 599 g/mol. The zero-order valence-corrected chi connectivity index (χ0v) is 25.8. The van der Waals surface area contributed by atoms with Crippen LogP contribution in [-0.4, -0.2) is 49.1 Å². The van der Waals surface area contributed by atoms with Crippen LogP contribution in [0.15, 0.2) is 74.2 Å². The van der Waals surface area contributed by atoms with Crippen LogP contribution in [0.5, 0.6) is 0 Å². The molecule has 6 heterocycles. The van der Waals surface area contributed by atoms with E-state index in [-0.39, 0.29) is 13.0 Å². The van der Waals surface area contributed by atoms with Gasteiger partial charge in [-0.3, -0.25) is 20.0 Å². The van der Waals surface area contributed by atoms with Crippen molar-refractivity contribution in [1.82, 2.24) is 30.0 Å². The number of fused-ring (bicyclic) bond motifs is 1. The third kappa shape index (κ3) is 6.43. The van der Waals surface area contributed by atoms with Gasteiger partial charge in [-0.05, 0) is 55.3 Å². The number of H-pyrrole nitrogens is 2. The Bertz CT molecular complexity index is 1810. The second-order valence-electron chi connectivity index (χ2n) is 10.6. The average Bonchev–Trinajstić information content (AvgIpc) is 3.79. The summed E-state index contributed by atoms with van der Waals surface area (Å²) in [5.74, 6) is -2.62. The van der Waals surface area contributed by atoms with Crippen LogP contribution in [0.2, 0.25) is 0 Å². The van der Waals surface area contributed by atoms with Crippen LogP contribution >= 0.6 is 11.3 Å². The maximum absolute atomic E-state index is 13.7. The summed E-state index contributed by atoms with van der Waals surface area (Å²) in [6.07, 6.45) is 8.98. The van der Waals surface area contributed by atoms with Gasteiger partial charge in [-0.1, -0.05) is 39.2 Å². The van der Waals surface area contributed by atoms with Gasteiger partial charge in [-0.15, -0.1) is 11.3 Å². The molecule has 0 aromatic carbocycles. The van der Waals surface area contributed by atoms with Crippen LogP contribution in [-0.2, 0) is 6.54 Å². The van der Waals surface area contributed by atoms with Gasteiger partial charge in [0.25, 0.3) is 5.92 Å². The lowest BCUT2D eigenvalue weighted by Gasteiger charge is -2.15. The molecular weight excluding hydrogens is 562 g/mol. The molecule has 1 saturated heterocycles. The van der Waals surface area contributed by atoms with E-state index >= 15 is 0 Å². The quantitative estimate of drug-likeness (QED) is 0.175. The Kier molecular flexibility index (Phi) is 8.84. The number of allylic oxidation sites excluding steroid dienone is 3. The molecule has 222 valence electrons. The molecule has 6 nitrogen and oxygen atoms in total. The van der Waals surface area contributed by atoms with E-state index in [2.05, 4.69) is 63.4 Å².